The maximum atomic E-state index is 8.79. The van der Waals surface area contributed by atoms with Crippen LogP contribution in [0.25, 0.3) is 0 Å². The van der Waals surface area contributed by atoms with Gasteiger partial charge in [0.15, 0.2) is 0 Å². The monoisotopic (exact) mass is 229 g/mol. The van der Waals surface area contributed by atoms with Crippen molar-refractivity contribution >= 4 is 0 Å². The number of rotatable bonds is 2. The Kier molecular flexibility index (Phi) is 3.80. The molecule has 4 heteroatoms. The fourth-order valence-corrected chi connectivity index (χ4v) is 2.36. The van der Waals surface area contributed by atoms with Gasteiger partial charge in [0.25, 0.3) is 0 Å². The van der Waals surface area contributed by atoms with Gasteiger partial charge >= 0.3 is 0 Å². The van der Waals surface area contributed by atoms with E-state index in [1.165, 1.54) is 5.70 Å². The Balaban J connectivity index is 2.21. The fraction of sp³-hybridized carbons (Fsp3) is 0.538. The summed E-state index contributed by atoms with van der Waals surface area (Å²) >= 11 is 0. The molecule has 1 heterocycles. The number of hydrogen-bond acceptors (Lipinski definition) is 4. The standard InChI is InChI=1S/C13H15N3O/c14-9-11(10-15)8-12-2-1-3-13(12)16-4-6-17-7-5-16/h8H,1-7H2. The van der Waals surface area contributed by atoms with Crippen LogP contribution in [0, 0.1) is 22.7 Å². The molecule has 0 aromatic heterocycles. The third kappa shape index (κ3) is 2.67. The van der Waals surface area contributed by atoms with Crippen molar-refractivity contribution in [3.05, 3.63) is 22.9 Å². The van der Waals surface area contributed by atoms with Crippen LogP contribution in [-0.2, 0) is 4.74 Å². The third-order valence-electron chi connectivity index (χ3n) is 3.18. The van der Waals surface area contributed by atoms with E-state index in [-0.39, 0.29) is 5.57 Å². The Bertz CT molecular complexity index is 415. The normalized spacial score (nSPS) is 19.8. The molecule has 0 N–H and O–H groups in total. The van der Waals surface area contributed by atoms with E-state index < -0.39 is 0 Å². The molecule has 0 amide bonds. The molecule has 0 atom stereocenters. The van der Waals surface area contributed by atoms with Crippen molar-refractivity contribution in [1.82, 2.24) is 4.90 Å². The second-order valence-corrected chi connectivity index (χ2v) is 4.21. The summed E-state index contributed by atoms with van der Waals surface area (Å²) in [6, 6.07) is 3.85. The van der Waals surface area contributed by atoms with E-state index in [0.717, 1.165) is 51.1 Å². The van der Waals surface area contributed by atoms with Crippen LogP contribution in [-0.4, -0.2) is 31.2 Å². The minimum absolute atomic E-state index is 0.202. The van der Waals surface area contributed by atoms with Gasteiger partial charge in [0, 0.05) is 18.8 Å². The van der Waals surface area contributed by atoms with Crippen molar-refractivity contribution < 1.29 is 4.74 Å². The predicted molar refractivity (Wildman–Crippen MR) is 62.6 cm³/mol. The molecule has 17 heavy (non-hydrogen) atoms. The lowest BCUT2D eigenvalue weighted by molar-refractivity contribution is 0.0524. The molecule has 1 fully saturated rings. The Morgan fingerprint density at radius 1 is 1.18 bits per heavy atom. The highest BCUT2D eigenvalue weighted by molar-refractivity contribution is 5.43. The van der Waals surface area contributed by atoms with Crippen LogP contribution < -0.4 is 0 Å². The van der Waals surface area contributed by atoms with Crippen molar-refractivity contribution in [3.63, 3.8) is 0 Å². The highest BCUT2D eigenvalue weighted by Crippen LogP contribution is 2.30. The summed E-state index contributed by atoms with van der Waals surface area (Å²) in [7, 11) is 0. The molecular weight excluding hydrogens is 214 g/mol. The Hall–Kier alpha value is -1.78. The largest absolute Gasteiger partial charge is 0.378 e. The third-order valence-corrected chi connectivity index (χ3v) is 3.18. The summed E-state index contributed by atoms with van der Waals surface area (Å²) in [5.74, 6) is 0. The van der Waals surface area contributed by atoms with Gasteiger partial charge in [-0.1, -0.05) is 0 Å². The van der Waals surface area contributed by atoms with Gasteiger partial charge in [-0.05, 0) is 30.9 Å². The number of morpholine rings is 1. The summed E-state index contributed by atoms with van der Waals surface area (Å²) < 4.78 is 5.33. The minimum Gasteiger partial charge on any atom is -0.378 e. The van der Waals surface area contributed by atoms with Gasteiger partial charge in [-0.3, -0.25) is 0 Å². The second kappa shape index (κ2) is 5.52. The lowest BCUT2D eigenvalue weighted by Crippen LogP contribution is -2.35. The Morgan fingerprint density at radius 2 is 1.88 bits per heavy atom. The number of ether oxygens (including phenoxy) is 1. The lowest BCUT2D eigenvalue weighted by atomic mass is 10.1. The van der Waals surface area contributed by atoms with Crippen molar-refractivity contribution in [3.8, 4) is 12.1 Å². The quantitative estimate of drug-likeness (QED) is 0.676. The fourth-order valence-electron chi connectivity index (χ4n) is 2.36. The molecule has 0 unspecified atom stereocenters. The van der Waals surface area contributed by atoms with E-state index in [4.69, 9.17) is 15.3 Å². The smallest absolute Gasteiger partial charge is 0.130 e. The Morgan fingerprint density at radius 3 is 2.53 bits per heavy atom. The van der Waals surface area contributed by atoms with Crippen LogP contribution in [0.15, 0.2) is 22.9 Å². The molecule has 1 saturated heterocycles. The second-order valence-electron chi connectivity index (χ2n) is 4.21. The first-order valence-electron chi connectivity index (χ1n) is 5.92. The average molecular weight is 229 g/mol. The van der Waals surface area contributed by atoms with Crippen molar-refractivity contribution in [1.29, 1.82) is 10.5 Å². The molecule has 0 saturated carbocycles. The van der Waals surface area contributed by atoms with Crippen LogP contribution in [0.4, 0.5) is 0 Å². The van der Waals surface area contributed by atoms with E-state index >= 15 is 0 Å². The maximum absolute atomic E-state index is 8.79. The van der Waals surface area contributed by atoms with E-state index in [1.807, 2.05) is 12.1 Å². The van der Waals surface area contributed by atoms with Crippen LogP contribution in [0.3, 0.4) is 0 Å². The van der Waals surface area contributed by atoms with Crippen LogP contribution in [0.2, 0.25) is 0 Å². The topological polar surface area (TPSA) is 60.0 Å². The molecule has 2 rings (SSSR count). The van der Waals surface area contributed by atoms with Crippen molar-refractivity contribution in [2.75, 3.05) is 26.3 Å². The summed E-state index contributed by atoms with van der Waals surface area (Å²) in [4.78, 5) is 2.33. The van der Waals surface area contributed by atoms with Crippen LogP contribution in [0.1, 0.15) is 19.3 Å². The van der Waals surface area contributed by atoms with Gasteiger partial charge in [-0.15, -0.1) is 0 Å². The van der Waals surface area contributed by atoms with E-state index in [0.29, 0.717) is 0 Å². The number of hydrogen-bond donors (Lipinski definition) is 0. The highest BCUT2D eigenvalue weighted by Gasteiger charge is 2.21. The summed E-state index contributed by atoms with van der Waals surface area (Å²) in [5, 5.41) is 17.6. The molecule has 4 nitrogen and oxygen atoms in total. The molecule has 0 radical (unpaired) electrons. The molecule has 0 aromatic rings. The molecule has 0 bridgehead atoms. The summed E-state index contributed by atoms with van der Waals surface area (Å²) in [6.45, 7) is 3.37. The first-order valence-corrected chi connectivity index (χ1v) is 5.92. The zero-order chi connectivity index (χ0) is 12.1. The highest BCUT2D eigenvalue weighted by atomic mass is 16.5. The zero-order valence-electron chi connectivity index (χ0n) is 9.78. The van der Waals surface area contributed by atoms with E-state index in [9.17, 15) is 0 Å². The SMILES string of the molecule is N#CC(C#N)=CC1=C(N2CCOCC2)CCC1. The lowest BCUT2D eigenvalue weighted by Gasteiger charge is -2.30. The van der Waals surface area contributed by atoms with Gasteiger partial charge in [0.05, 0.1) is 13.2 Å². The van der Waals surface area contributed by atoms with Gasteiger partial charge in [0.2, 0.25) is 0 Å². The predicted octanol–water partition coefficient (Wildman–Crippen LogP) is 1.73. The average Bonchev–Trinajstić information content (AvgIpc) is 2.85. The van der Waals surface area contributed by atoms with Crippen molar-refractivity contribution in [2.45, 2.75) is 19.3 Å². The van der Waals surface area contributed by atoms with Gasteiger partial charge in [-0.2, -0.15) is 10.5 Å². The Labute approximate surface area is 101 Å². The number of nitriles is 2. The molecule has 1 aliphatic heterocycles. The van der Waals surface area contributed by atoms with E-state index in [2.05, 4.69) is 4.90 Å². The summed E-state index contributed by atoms with van der Waals surface area (Å²) in [5.41, 5.74) is 2.66. The number of nitrogens with zero attached hydrogens (tertiary/aromatic N) is 3. The first-order chi connectivity index (χ1) is 8.35. The van der Waals surface area contributed by atoms with Crippen molar-refractivity contribution in [2.24, 2.45) is 0 Å². The van der Waals surface area contributed by atoms with E-state index in [1.54, 1.807) is 6.08 Å². The molecular formula is C13H15N3O. The van der Waals surface area contributed by atoms with Crippen LogP contribution in [0.5, 0.6) is 0 Å². The molecule has 2 aliphatic rings. The molecule has 0 aromatic carbocycles. The molecule has 1 aliphatic carbocycles. The first kappa shape index (κ1) is 11.7. The molecule has 88 valence electrons. The van der Waals surface area contributed by atoms with Gasteiger partial charge in [-0.25, -0.2) is 0 Å². The van der Waals surface area contributed by atoms with Gasteiger partial charge in [0.1, 0.15) is 17.7 Å². The maximum Gasteiger partial charge on any atom is 0.130 e. The van der Waals surface area contributed by atoms with Crippen LogP contribution >= 0.6 is 0 Å². The number of allylic oxidation sites excluding steroid dienone is 4. The molecule has 0 spiro atoms. The summed E-state index contributed by atoms with van der Waals surface area (Å²) in [6.07, 6.45) is 4.88. The van der Waals surface area contributed by atoms with Gasteiger partial charge < -0.3 is 9.64 Å². The zero-order valence-corrected chi connectivity index (χ0v) is 9.78. The minimum atomic E-state index is 0.202.